The van der Waals surface area contributed by atoms with Crippen molar-refractivity contribution in [1.29, 1.82) is 0 Å². The number of rotatable bonds is 8. The molecule has 5 nitrogen and oxygen atoms in total. The molecule has 3 aromatic rings. The zero-order chi connectivity index (χ0) is 21.0. The van der Waals surface area contributed by atoms with Crippen LogP contribution in [0.1, 0.15) is 34.1 Å². The van der Waals surface area contributed by atoms with Gasteiger partial charge in [0.1, 0.15) is 11.6 Å². The number of aromatic nitrogens is 2. The van der Waals surface area contributed by atoms with Crippen LogP contribution in [0.4, 0.5) is 13.2 Å². The van der Waals surface area contributed by atoms with Gasteiger partial charge in [-0.1, -0.05) is 0 Å². The number of primary amides is 1. The average molecular weight is 515 g/mol. The Morgan fingerprint density at radius 3 is 2.59 bits per heavy atom. The maximum absolute atomic E-state index is 13.2. The van der Waals surface area contributed by atoms with E-state index in [0.29, 0.717) is 11.3 Å². The lowest BCUT2D eigenvalue weighted by molar-refractivity contribution is 0.0998. The lowest BCUT2D eigenvalue weighted by Gasteiger charge is -2.22. The molecule has 1 unspecified atom stereocenters. The highest BCUT2D eigenvalue weighted by molar-refractivity contribution is 14.1. The molecule has 0 saturated heterocycles. The Hall–Kier alpha value is -2.56. The molecule has 0 aliphatic heterocycles. The van der Waals surface area contributed by atoms with Crippen molar-refractivity contribution in [2.24, 2.45) is 5.73 Å². The van der Waals surface area contributed by atoms with E-state index >= 15 is 0 Å². The first-order valence-corrected chi connectivity index (χ1v) is 9.70. The summed E-state index contributed by atoms with van der Waals surface area (Å²) >= 11 is 2.10. The summed E-state index contributed by atoms with van der Waals surface area (Å²) in [5.41, 5.74) is 6.39. The molecule has 1 aromatic heterocycles. The number of alkyl halides is 2. The Labute approximate surface area is 178 Å². The Morgan fingerprint density at radius 1 is 1.21 bits per heavy atom. The first-order valence-electron chi connectivity index (χ1n) is 8.62. The number of hydrogen-bond donors (Lipinski definition) is 1. The van der Waals surface area contributed by atoms with Crippen LogP contribution in [-0.2, 0) is 6.54 Å². The molecule has 2 aromatic carbocycles. The number of benzene rings is 2. The number of hydrogen-bond acceptors (Lipinski definition) is 3. The van der Waals surface area contributed by atoms with Crippen molar-refractivity contribution in [2.45, 2.75) is 18.9 Å². The molecule has 3 rings (SSSR count). The highest BCUT2D eigenvalue weighted by Gasteiger charge is 2.23. The van der Waals surface area contributed by atoms with Gasteiger partial charge in [-0.2, -0.15) is 0 Å². The minimum atomic E-state index is -2.74. The topological polar surface area (TPSA) is 70.1 Å². The second kappa shape index (κ2) is 9.29. The van der Waals surface area contributed by atoms with E-state index in [2.05, 4.69) is 27.6 Å². The van der Waals surface area contributed by atoms with Gasteiger partial charge in [-0.15, -0.1) is 0 Å². The number of ether oxygens (including phenoxy) is 1. The fourth-order valence-electron chi connectivity index (χ4n) is 2.98. The molecule has 0 radical (unpaired) electrons. The molecule has 29 heavy (non-hydrogen) atoms. The third kappa shape index (κ3) is 5.28. The van der Waals surface area contributed by atoms with Crippen LogP contribution in [0.5, 0.6) is 5.75 Å². The summed E-state index contributed by atoms with van der Waals surface area (Å²) in [7, 11) is 0. The molecule has 2 N–H and O–H groups in total. The molecule has 9 heteroatoms. The standard InChI is InChI=1S/C20H17F3IN3O2/c21-13-1-4-15(5-2-13)29-11-12(10-27-8-7-26-20(27)18(22)23)17-9-14(24)3-6-16(17)19(25)28/h1-9,12,18H,10-11H2,(H2,25,28). The Kier molecular flexibility index (Phi) is 6.78. The number of nitrogens with two attached hydrogens (primary N) is 1. The number of carbonyl (C=O) groups excluding carboxylic acids is 1. The molecule has 1 amide bonds. The van der Waals surface area contributed by atoms with Crippen LogP contribution in [0.15, 0.2) is 54.9 Å². The number of amides is 1. The van der Waals surface area contributed by atoms with E-state index < -0.39 is 24.1 Å². The summed E-state index contributed by atoms with van der Waals surface area (Å²) in [5, 5.41) is 0. The van der Waals surface area contributed by atoms with E-state index in [1.165, 1.54) is 41.2 Å². The molecule has 1 heterocycles. The molecule has 0 spiro atoms. The number of halogens is 4. The van der Waals surface area contributed by atoms with Gasteiger partial charge in [0.25, 0.3) is 6.43 Å². The average Bonchev–Trinajstić information content (AvgIpc) is 3.14. The van der Waals surface area contributed by atoms with Crippen molar-refractivity contribution in [3.63, 3.8) is 0 Å². The summed E-state index contributed by atoms with van der Waals surface area (Å²) in [4.78, 5) is 15.6. The second-order valence-electron chi connectivity index (χ2n) is 6.30. The van der Waals surface area contributed by atoms with E-state index in [9.17, 15) is 18.0 Å². The summed E-state index contributed by atoms with van der Waals surface area (Å²) in [5.74, 6) is -1.46. The van der Waals surface area contributed by atoms with Gasteiger partial charge < -0.3 is 15.0 Å². The highest BCUT2D eigenvalue weighted by Crippen LogP contribution is 2.28. The molecule has 0 fully saturated rings. The minimum absolute atomic E-state index is 0.0624. The highest BCUT2D eigenvalue weighted by atomic mass is 127. The molecule has 0 bridgehead atoms. The van der Waals surface area contributed by atoms with Crippen molar-refractivity contribution in [3.8, 4) is 5.75 Å². The summed E-state index contributed by atoms with van der Waals surface area (Å²) in [6.45, 7) is 0.161. The Balaban J connectivity index is 1.95. The number of carbonyl (C=O) groups is 1. The molecule has 152 valence electrons. The molecular weight excluding hydrogens is 498 g/mol. The van der Waals surface area contributed by atoms with E-state index in [-0.39, 0.29) is 24.5 Å². The third-order valence-electron chi connectivity index (χ3n) is 4.34. The zero-order valence-electron chi connectivity index (χ0n) is 15.1. The zero-order valence-corrected chi connectivity index (χ0v) is 17.2. The summed E-state index contributed by atoms with van der Waals surface area (Å²) in [6, 6.07) is 10.6. The van der Waals surface area contributed by atoms with E-state index in [4.69, 9.17) is 10.5 Å². The quantitative estimate of drug-likeness (QED) is 0.449. The molecule has 0 aliphatic rings. The first kappa shape index (κ1) is 21.2. The maximum atomic E-state index is 13.2. The van der Waals surface area contributed by atoms with Gasteiger partial charge in [-0.25, -0.2) is 18.2 Å². The van der Waals surface area contributed by atoms with Crippen molar-refractivity contribution in [2.75, 3.05) is 6.61 Å². The molecule has 1 atom stereocenters. The predicted molar refractivity (Wildman–Crippen MR) is 109 cm³/mol. The Bertz CT molecular complexity index is 993. The van der Waals surface area contributed by atoms with Crippen LogP contribution in [0.3, 0.4) is 0 Å². The van der Waals surface area contributed by atoms with Gasteiger partial charge in [0, 0.05) is 34.0 Å². The molecule has 0 aliphatic carbocycles. The van der Waals surface area contributed by atoms with Gasteiger partial charge in [0.05, 0.1) is 6.61 Å². The lowest BCUT2D eigenvalue weighted by atomic mass is 9.94. The van der Waals surface area contributed by atoms with Crippen molar-refractivity contribution in [1.82, 2.24) is 9.55 Å². The van der Waals surface area contributed by atoms with Crippen molar-refractivity contribution in [3.05, 3.63) is 81.2 Å². The van der Waals surface area contributed by atoms with Gasteiger partial charge in [0.15, 0.2) is 5.82 Å². The van der Waals surface area contributed by atoms with Crippen LogP contribution in [0.2, 0.25) is 0 Å². The van der Waals surface area contributed by atoms with Crippen molar-refractivity contribution >= 4 is 28.5 Å². The third-order valence-corrected chi connectivity index (χ3v) is 5.01. The summed E-state index contributed by atoms with van der Waals surface area (Å²) in [6.07, 6.45) is 0.00285. The molecule has 0 saturated carbocycles. The van der Waals surface area contributed by atoms with Crippen LogP contribution < -0.4 is 10.5 Å². The smallest absolute Gasteiger partial charge is 0.295 e. The van der Waals surface area contributed by atoms with Gasteiger partial charge in [-0.05, 0) is 70.6 Å². The Morgan fingerprint density at radius 2 is 1.93 bits per heavy atom. The maximum Gasteiger partial charge on any atom is 0.295 e. The van der Waals surface area contributed by atoms with Crippen molar-refractivity contribution < 1.29 is 22.7 Å². The SMILES string of the molecule is NC(=O)c1ccc(I)cc1C(COc1ccc(F)cc1)Cn1ccnc1C(F)F. The van der Waals surface area contributed by atoms with Crippen LogP contribution >= 0.6 is 22.6 Å². The normalized spacial score (nSPS) is 12.2. The monoisotopic (exact) mass is 515 g/mol. The van der Waals surface area contributed by atoms with Crippen LogP contribution in [0, 0.1) is 9.39 Å². The fraction of sp³-hybridized carbons (Fsp3) is 0.200. The van der Waals surface area contributed by atoms with E-state index in [1.807, 2.05) is 0 Å². The minimum Gasteiger partial charge on any atom is -0.493 e. The lowest BCUT2D eigenvalue weighted by Crippen LogP contribution is -2.23. The largest absolute Gasteiger partial charge is 0.493 e. The predicted octanol–water partition coefficient (Wildman–Crippen LogP) is 4.53. The fourth-order valence-corrected chi connectivity index (χ4v) is 3.49. The van der Waals surface area contributed by atoms with Crippen LogP contribution in [-0.4, -0.2) is 22.1 Å². The van der Waals surface area contributed by atoms with Gasteiger partial charge in [-0.3, -0.25) is 4.79 Å². The van der Waals surface area contributed by atoms with Gasteiger partial charge >= 0.3 is 0 Å². The van der Waals surface area contributed by atoms with E-state index in [0.717, 1.165) is 3.57 Å². The van der Waals surface area contributed by atoms with Crippen LogP contribution in [0.25, 0.3) is 0 Å². The number of nitrogens with zero attached hydrogens (tertiary/aromatic N) is 2. The molecular formula is C20H17F3IN3O2. The first-order chi connectivity index (χ1) is 13.8. The van der Waals surface area contributed by atoms with E-state index in [1.54, 1.807) is 18.2 Å². The van der Waals surface area contributed by atoms with Gasteiger partial charge in [0.2, 0.25) is 5.91 Å². The summed E-state index contributed by atoms with van der Waals surface area (Å²) < 4.78 is 47.6. The second-order valence-corrected chi connectivity index (χ2v) is 7.54. The number of imidazole rings is 1.